The number of carbonyl (C=O) groups is 1. The molecule has 0 aliphatic rings. The van der Waals surface area contributed by atoms with Gasteiger partial charge >= 0.3 is 5.97 Å². The maximum absolute atomic E-state index is 11.2. The number of hydrogen-bond donors (Lipinski definition) is 1. The second-order valence-electron chi connectivity index (χ2n) is 6.22. The highest BCUT2D eigenvalue weighted by atomic mass is 16.4. The molecule has 0 fully saturated rings. The maximum atomic E-state index is 11.2. The summed E-state index contributed by atoms with van der Waals surface area (Å²) in [6.45, 7) is 0. The number of rotatable bonds is 4. The second kappa shape index (κ2) is 6.88. The summed E-state index contributed by atoms with van der Waals surface area (Å²) in [5.74, 6) is 0.489. The van der Waals surface area contributed by atoms with Crippen molar-refractivity contribution in [3.8, 4) is 33.9 Å². The van der Waals surface area contributed by atoms with E-state index in [9.17, 15) is 9.90 Å². The molecule has 3 aromatic carbocycles. The first kappa shape index (κ1) is 16.7. The number of benzene rings is 3. The molecule has 4 aromatic rings. The Morgan fingerprint density at radius 2 is 1.44 bits per heavy atom. The summed E-state index contributed by atoms with van der Waals surface area (Å²) in [6, 6.07) is 24.6. The zero-order chi connectivity index (χ0) is 18.8. The van der Waals surface area contributed by atoms with E-state index in [0.29, 0.717) is 5.82 Å². The van der Waals surface area contributed by atoms with Gasteiger partial charge in [0.05, 0.1) is 5.56 Å². The average Bonchev–Trinajstić information content (AvgIpc) is 3.10. The maximum Gasteiger partial charge on any atom is 0.335 e. The van der Waals surface area contributed by atoms with E-state index in [4.69, 9.17) is 0 Å². The van der Waals surface area contributed by atoms with Crippen molar-refractivity contribution in [1.29, 1.82) is 0 Å². The molecule has 5 nitrogen and oxygen atoms in total. The SMILES string of the molecule is Cn1nc(-c2cccc(-c3cccc(C(=O)O)c3)c2)nc1-c1ccccc1. The van der Waals surface area contributed by atoms with Crippen LogP contribution in [0.25, 0.3) is 33.9 Å². The van der Waals surface area contributed by atoms with Gasteiger partial charge in [-0.15, -0.1) is 0 Å². The van der Waals surface area contributed by atoms with Crippen molar-refractivity contribution >= 4 is 5.97 Å². The molecule has 5 heteroatoms. The smallest absolute Gasteiger partial charge is 0.335 e. The fraction of sp³-hybridized carbons (Fsp3) is 0.0455. The highest BCUT2D eigenvalue weighted by Gasteiger charge is 2.12. The number of hydrogen-bond acceptors (Lipinski definition) is 3. The van der Waals surface area contributed by atoms with E-state index in [0.717, 1.165) is 28.1 Å². The molecule has 0 amide bonds. The van der Waals surface area contributed by atoms with E-state index in [1.807, 2.05) is 67.7 Å². The van der Waals surface area contributed by atoms with Gasteiger partial charge in [0, 0.05) is 18.2 Å². The Morgan fingerprint density at radius 1 is 0.815 bits per heavy atom. The minimum absolute atomic E-state index is 0.264. The topological polar surface area (TPSA) is 68.0 Å². The summed E-state index contributed by atoms with van der Waals surface area (Å²) >= 11 is 0. The van der Waals surface area contributed by atoms with E-state index < -0.39 is 5.97 Å². The Balaban J connectivity index is 1.74. The first-order valence-electron chi connectivity index (χ1n) is 8.52. The zero-order valence-electron chi connectivity index (χ0n) is 14.7. The Morgan fingerprint density at radius 3 is 2.19 bits per heavy atom. The van der Waals surface area contributed by atoms with E-state index in [1.165, 1.54) is 0 Å². The molecule has 1 N–H and O–H groups in total. The molecule has 0 aliphatic carbocycles. The Bertz CT molecular complexity index is 1120. The Labute approximate surface area is 156 Å². The van der Waals surface area contributed by atoms with Crippen molar-refractivity contribution in [2.24, 2.45) is 7.05 Å². The molecule has 0 radical (unpaired) electrons. The number of aromatic carboxylic acids is 1. The molecular weight excluding hydrogens is 338 g/mol. The molecule has 0 bridgehead atoms. The van der Waals surface area contributed by atoms with Crippen LogP contribution in [0.5, 0.6) is 0 Å². The highest BCUT2D eigenvalue weighted by molar-refractivity contribution is 5.89. The van der Waals surface area contributed by atoms with Gasteiger partial charge in [-0.25, -0.2) is 14.5 Å². The van der Waals surface area contributed by atoms with E-state index in [-0.39, 0.29) is 5.56 Å². The van der Waals surface area contributed by atoms with Gasteiger partial charge in [0.25, 0.3) is 0 Å². The minimum Gasteiger partial charge on any atom is -0.478 e. The van der Waals surface area contributed by atoms with Crippen molar-refractivity contribution in [3.63, 3.8) is 0 Å². The van der Waals surface area contributed by atoms with E-state index >= 15 is 0 Å². The summed E-state index contributed by atoms with van der Waals surface area (Å²) in [7, 11) is 1.87. The van der Waals surface area contributed by atoms with Crippen LogP contribution >= 0.6 is 0 Å². The summed E-state index contributed by atoms with van der Waals surface area (Å²) in [4.78, 5) is 15.9. The van der Waals surface area contributed by atoms with E-state index in [1.54, 1.807) is 22.9 Å². The number of carboxylic acids is 1. The first-order valence-corrected chi connectivity index (χ1v) is 8.52. The van der Waals surface area contributed by atoms with Gasteiger partial charge in [-0.05, 0) is 29.3 Å². The third-order valence-corrected chi connectivity index (χ3v) is 4.36. The van der Waals surface area contributed by atoms with Crippen molar-refractivity contribution < 1.29 is 9.90 Å². The van der Waals surface area contributed by atoms with Crippen LogP contribution in [0.15, 0.2) is 78.9 Å². The largest absolute Gasteiger partial charge is 0.478 e. The average molecular weight is 355 g/mol. The molecule has 1 heterocycles. The van der Waals surface area contributed by atoms with Gasteiger partial charge < -0.3 is 5.11 Å². The van der Waals surface area contributed by atoms with Gasteiger partial charge in [-0.3, -0.25) is 0 Å². The number of aryl methyl sites for hydroxylation is 1. The van der Waals surface area contributed by atoms with Crippen LogP contribution in [-0.2, 0) is 7.05 Å². The second-order valence-corrected chi connectivity index (χ2v) is 6.22. The van der Waals surface area contributed by atoms with Gasteiger partial charge in [-0.1, -0.05) is 60.7 Å². The van der Waals surface area contributed by atoms with Crippen LogP contribution in [-0.4, -0.2) is 25.8 Å². The van der Waals surface area contributed by atoms with Gasteiger partial charge in [0.1, 0.15) is 0 Å². The molecule has 0 unspecified atom stereocenters. The van der Waals surface area contributed by atoms with E-state index in [2.05, 4.69) is 10.1 Å². The Hall–Kier alpha value is -3.73. The lowest BCUT2D eigenvalue weighted by molar-refractivity contribution is 0.0697. The molecule has 0 aliphatic heterocycles. The molecule has 0 saturated carbocycles. The summed E-state index contributed by atoms with van der Waals surface area (Å²) in [5, 5.41) is 13.8. The zero-order valence-corrected chi connectivity index (χ0v) is 14.7. The first-order chi connectivity index (χ1) is 13.1. The van der Waals surface area contributed by atoms with Crippen molar-refractivity contribution in [3.05, 3.63) is 84.4 Å². The molecule has 132 valence electrons. The van der Waals surface area contributed by atoms with Crippen LogP contribution in [0.3, 0.4) is 0 Å². The number of aromatic nitrogens is 3. The predicted octanol–water partition coefficient (Wildman–Crippen LogP) is 4.51. The highest BCUT2D eigenvalue weighted by Crippen LogP contribution is 2.27. The summed E-state index contributed by atoms with van der Waals surface area (Å²) < 4.78 is 1.77. The normalized spacial score (nSPS) is 10.7. The van der Waals surface area contributed by atoms with Gasteiger partial charge in [-0.2, -0.15) is 5.10 Å². The van der Waals surface area contributed by atoms with Crippen molar-refractivity contribution in [2.75, 3.05) is 0 Å². The van der Waals surface area contributed by atoms with Crippen LogP contribution in [0.1, 0.15) is 10.4 Å². The lowest BCUT2D eigenvalue weighted by atomic mass is 10.0. The number of carboxylic acid groups (broad SMARTS) is 1. The molecule has 0 spiro atoms. The Kier molecular flexibility index (Phi) is 4.26. The lowest BCUT2D eigenvalue weighted by Gasteiger charge is -2.05. The monoisotopic (exact) mass is 355 g/mol. The molecule has 1 aromatic heterocycles. The quantitative estimate of drug-likeness (QED) is 0.585. The molecular formula is C22H17N3O2. The summed E-state index contributed by atoms with van der Waals surface area (Å²) in [5.41, 5.74) is 3.91. The van der Waals surface area contributed by atoms with Crippen molar-refractivity contribution in [2.45, 2.75) is 0 Å². The van der Waals surface area contributed by atoms with Crippen LogP contribution in [0.2, 0.25) is 0 Å². The third kappa shape index (κ3) is 3.35. The third-order valence-electron chi connectivity index (χ3n) is 4.36. The molecule has 0 atom stereocenters. The fourth-order valence-corrected chi connectivity index (χ4v) is 3.02. The lowest BCUT2D eigenvalue weighted by Crippen LogP contribution is -1.95. The molecule has 27 heavy (non-hydrogen) atoms. The van der Waals surface area contributed by atoms with Gasteiger partial charge in [0.15, 0.2) is 11.6 Å². The standard InChI is InChI=1S/C22H17N3O2/c1-25-21(15-7-3-2-4-8-15)23-20(24-25)18-11-5-9-16(13-18)17-10-6-12-19(14-17)22(26)27/h2-14H,1H3,(H,26,27). The molecule has 4 rings (SSSR count). The van der Waals surface area contributed by atoms with Crippen LogP contribution in [0.4, 0.5) is 0 Å². The predicted molar refractivity (Wildman–Crippen MR) is 104 cm³/mol. The number of nitrogens with zero attached hydrogens (tertiary/aromatic N) is 3. The van der Waals surface area contributed by atoms with Crippen LogP contribution < -0.4 is 0 Å². The molecule has 0 saturated heterocycles. The minimum atomic E-state index is -0.938. The van der Waals surface area contributed by atoms with Crippen LogP contribution in [0, 0.1) is 0 Å². The summed E-state index contributed by atoms with van der Waals surface area (Å²) in [6.07, 6.45) is 0. The van der Waals surface area contributed by atoms with Crippen molar-refractivity contribution in [1.82, 2.24) is 14.8 Å². The van der Waals surface area contributed by atoms with Gasteiger partial charge in [0.2, 0.25) is 0 Å². The fourth-order valence-electron chi connectivity index (χ4n) is 3.02.